The lowest BCUT2D eigenvalue weighted by Crippen LogP contribution is -2.40. The van der Waals surface area contributed by atoms with Crippen LogP contribution in [-0.4, -0.2) is 41.6 Å². The number of hydrogen-bond acceptors (Lipinski definition) is 3. The quantitative estimate of drug-likeness (QED) is 0.871. The van der Waals surface area contributed by atoms with Crippen LogP contribution in [0.1, 0.15) is 35.7 Å². The van der Waals surface area contributed by atoms with Crippen LogP contribution in [0.4, 0.5) is 0 Å². The third-order valence-electron chi connectivity index (χ3n) is 3.80. The number of carbonyl (C=O) groups excluding carboxylic acids is 1. The number of amides is 1. The summed E-state index contributed by atoms with van der Waals surface area (Å²) in [5.41, 5.74) is 1.30. The van der Waals surface area contributed by atoms with E-state index >= 15 is 0 Å². The number of nitrogens with zero attached hydrogens (tertiary/aromatic N) is 1. The number of hydrogen-bond donors (Lipinski definition) is 2. The normalized spacial score (nSPS) is 19.6. The highest BCUT2D eigenvalue weighted by Gasteiger charge is 2.23. The number of likely N-dealkylation sites (N-methyl/N-ethyl adjacent to an activating group) is 1. The van der Waals surface area contributed by atoms with Crippen molar-refractivity contribution < 1.29 is 9.90 Å². The third kappa shape index (κ3) is 3.26. The van der Waals surface area contributed by atoms with Crippen LogP contribution in [-0.2, 0) is 0 Å². The van der Waals surface area contributed by atoms with E-state index in [2.05, 4.69) is 17.1 Å². The van der Waals surface area contributed by atoms with Gasteiger partial charge < -0.3 is 10.4 Å². The third-order valence-corrected chi connectivity index (χ3v) is 3.80. The summed E-state index contributed by atoms with van der Waals surface area (Å²) in [5.74, 6) is -0.142. The van der Waals surface area contributed by atoms with Gasteiger partial charge >= 0.3 is 0 Å². The van der Waals surface area contributed by atoms with E-state index in [1.165, 1.54) is 6.42 Å². The molecule has 1 amide bonds. The first kappa shape index (κ1) is 13.9. The van der Waals surface area contributed by atoms with Crippen molar-refractivity contribution in [3.8, 4) is 5.75 Å². The van der Waals surface area contributed by atoms with Gasteiger partial charge in [-0.1, -0.05) is 13.0 Å². The van der Waals surface area contributed by atoms with Crippen molar-refractivity contribution in [3.05, 3.63) is 29.3 Å². The number of aromatic hydroxyl groups is 1. The molecule has 1 aromatic carbocycles. The lowest BCUT2D eigenvalue weighted by atomic mass is 10.1. The van der Waals surface area contributed by atoms with E-state index in [1.807, 2.05) is 13.0 Å². The molecule has 1 aromatic rings. The zero-order chi connectivity index (χ0) is 13.8. The Morgan fingerprint density at radius 3 is 3.00 bits per heavy atom. The summed E-state index contributed by atoms with van der Waals surface area (Å²) in [5, 5.41) is 12.7. The Balaban J connectivity index is 1.94. The van der Waals surface area contributed by atoms with Gasteiger partial charge in [-0.25, -0.2) is 0 Å². The van der Waals surface area contributed by atoms with Gasteiger partial charge in [-0.3, -0.25) is 9.69 Å². The van der Waals surface area contributed by atoms with E-state index in [9.17, 15) is 9.90 Å². The van der Waals surface area contributed by atoms with Crippen LogP contribution in [0.3, 0.4) is 0 Å². The summed E-state index contributed by atoms with van der Waals surface area (Å²) >= 11 is 0. The highest BCUT2D eigenvalue weighted by Crippen LogP contribution is 2.19. The molecule has 2 rings (SSSR count). The molecule has 1 unspecified atom stereocenters. The maximum Gasteiger partial charge on any atom is 0.255 e. The second-order valence-corrected chi connectivity index (χ2v) is 5.16. The number of carbonyl (C=O) groups is 1. The van der Waals surface area contributed by atoms with Crippen molar-refractivity contribution in [2.45, 2.75) is 32.7 Å². The van der Waals surface area contributed by atoms with Crippen LogP contribution in [0, 0.1) is 6.92 Å². The standard InChI is InChI=1S/C15H22N2O2/c1-3-17-8-4-5-12(17)10-16-15(19)13-7-6-11(2)9-14(13)18/h6-7,9,12,18H,3-5,8,10H2,1-2H3,(H,16,19). The average molecular weight is 262 g/mol. The summed E-state index contributed by atoms with van der Waals surface area (Å²) < 4.78 is 0. The fourth-order valence-electron chi connectivity index (χ4n) is 2.68. The maximum atomic E-state index is 12.0. The predicted octanol–water partition coefficient (Wildman–Crippen LogP) is 1.91. The van der Waals surface area contributed by atoms with Gasteiger partial charge in [0.1, 0.15) is 5.75 Å². The number of phenolic OH excluding ortho intramolecular Hbond substituents is 1. The smallest absolute Gasteiger partial charge is 0.255 e. The topological polar surface area (TPSA) is 52.6 Å². The first-order valence-corrected chi connectivity index (χ1v) is 6.93. The van der Waals surface area contributed by atoms with Gasteiger partial charge in [-0.2, -0.15) is 0 Å². The number of nitrogens with one attached hydrogen (secondary N) is 1. The number of rotatable bonds is 4. The molecule has 0 spiro atoms. The zero-order valence-corrected chi connectivity index (χ0v) is 11.6. The summed E-state index contributed by atoms with van der Waals surface area (Å²) in [6.07, 6.45) is 2.33. The van der Waals surface area contributed by atoms with Crippen molar-refractivity contribution in [3.63, 3.8) is 0 Å². The molecular weight excluding hydrogens is 240 g/mol. The lowest BCUT2D eigenvalue weighted by Gasteiger charge is -2.22. The molecule has 0 aliphatic carbocycles. The zero-order valence-electron chi connectivity index (χ0n) is 11.6. The average Bonchev–Trinajstić information content (AvgIpc) is 2.83. The van der Waals surface area contributed by atoms with Gasteiger partial charge in [0.25, 0.3) is 5.91 Å². The first-order chi connectivity index (χ1) is 9.11. The van der Waals surface area contributed by atoms with Crippen LogP contribution >= 0.6 is 0 Å². The molecule has 4 heteroatoms. The highest BCUT2D eigenvalue weighted by molar-refractivity contribution is 5.96. The van der Waals surface area contributed by atoms with Crippen LogP contribution in [0.25, 0.3) is 0 Å². The molecule has 0 radical (unpaired) electrons. The number of likely N-dealkylation sites (tertiary alicyclic amines) is 1. The summed E-state index contributed by atoms with van der Waals surface area (Å²) in [7, 11) is 0. The van der Waals surface area contributed by atoms with Crippen molar-refractivity contribution >= 4 is 5.91 Å². The van der Waals surface area contributed by atoms with Crippen LogP contribution in [0.2, 0.25) is 0 Å². The maximum absolute atomic E-state index is 12.0. The van der Waals surface area contributed by atoms with E-state index in [0.717, 1.165) is 25.1 Å². The van der Waals surface area contributed by atoms with Crippen LogP contribution < -0.4 is 5.32 Å². The minimum atomic E-state index is -0.194. The van der Waals surface area contributed by atoms with Gasteiger partial charge in [0.05, 0.1) is 5.56 Å². The molecule has 1 fully saturated rings. The van der Waals surface area contributed by atoms with E-state index in [-0.39, 0.29) is 11.7 Å². The molecule has 0 bridgehead atoms. The fraction of sp³-hybridized carbons (Fsp3) is 0.533. The van der Waals surface area contributed by atoms with Gasteiger partial charge in [0, 0.05) is 12.6 Å². The molecule has 1 aliphatic heterocycles. The summed E-state index contributed by atoms with van der Waals surface area (Å²) in [6.45, 7) is 6.83. The fourth-order valence-corrected chi connectivity index (χ4v) is 2.68. The first-order valence-electron chi connectivity index (χ1n) is 6.93. The van der Waals surface area contributed by atoms with E-state index < -0.39 is 0 Å². The van der Waals surface area contributed by atoms with Crippen molar-refractivity contribution in [1.29, 1.82) is 0 Å². The monoisotopic (exact) mass is 262 g/mol. The minimum Gasteiger partial charge on any atom is -0.507 e. The Bertz CT molecular complexity index is 459. The second kappa shape index (κ2) is 6.06. The molecular formula is C15H22N2O2. The predicted molar refractivity (Wildman–Crippen MR) is 75.4 cm³/mol. The van der Waals surface area contributed by atoms with Crippen molar-refractivity contribution in [1.82, 2.24) is 10.2 Å². The van der Waals surface area contributed by atoms with Gasteiger partial charge in [-0.15, -0.1) is 0 Å². The summed E-state index contributed by atoms with van der Waals surface area (Å²) in [6, 6.07) is 5.55. The number of benzene rings is 1. The van der Waals surface area contributed by atoms with Crippen LogP contribution in [0.5, 0.6) is 5.75 Å². The molecule has 1 atom stereocenters. The number of aryl methyl sites for hydroxylation is 1. The van der Waals surface area contributed by atoms with E-state index in [0.29, 0.717) is 18.2 Å². The SMILES string of the molecule is CCN1CCCC1CNC(=O)c1ccc(C)cc1O. The van der Waals surface area contributed by atoms with E-state index in [1.54, 1.807) is 12.1 Å². The number of phenols is 1. The Labute approximate surface area is 114 Å². The van der Waals surface area contributed by atoms with Crippen molar-refractivity contribution in [2.24, 2.45) is 0 Å². The van der Waals surface area contributed by atoms with Crippen LogP contribution in [0.15, 0.2) is 18.2 Å². The van der Waals surface area contributed by atoms with E-state index in [4.69, 9.17) is 0 Å². The Kier molecular flexibility index (Phi) is 4.43. The molecule has 0 saturated carbocycles. The van der Waals surface area contributed by atoms with Gasteiger partial charge in [0.2, 0.25) is 0 Å². The Morgan fingerprint density at radius 1 is 1.53 bits per heavy atom. The second-order valence-electron chi connectivity index (χ2n) is 5.16. The largest absolute Gasteiger partial charge is 0.507 e. The van der Waals surface area contributed by atoms with Gasteiger partial charge in [0.15, 0.2) is 0 Å². The molecule has 104 valence electrons. The molecule has 0 aromatic heterocycles. The van der Waals surface area contributed by atoms with Gasteiger partial charge in [-0.05, 0) is 50.6 Å². The van der Waals surface area contributed by atoms with Crippen molar-refractivity contribution in [2.75, 3.05) is 19.6 Å². The summed E-state index contributed by atoms with van der Waals surface area (Å²) in [4.78, 5) is 14.4. The lowest BCUT2D eigenvalue weighted by molar-refractivity contribution is 0.0938. The molecule has 19 heavy (non-hydrogen) atoms. The highest BCUT2D eigenvalue weighted by atomic mass is 16.3. The Morgan fingerprint density at radius 2 is 2.32 bits per heavy atom. The Hall–Kier alpha value is -1.55. The molecule has 1 saturated heterocycles. The molecule has 4 nitrogen and oxygen atoms in total. The minimum absolute atomic E-state index is 0.0521. The molecule has 2 N–H and O–H groups in total. The molecule has 1 heterocycles. The molecule has 1 aliphatic rings.